The van der Waals surface area contributed by atoms with Crippen LogP contribution in [-0.2, 0) is 17.9 Å². The number of rotatable bonds is 5. The van der Waals surface area contributed by atoms with Gasteiger partial charge in [0.1, 0.15) is 0 Å². The molecule has 0 bridgehead atoms. The Morgan fingerprint density at radius 1 is 1.24 bits per heavy atom. The zero-order chi connectivity index (χ0) is 17.6. The van der Waals surface area contributed by atoms with Crippen LogP contribution in [0.4, 0.5) is 4.79 Å². The number of carbonyl (C=O) groups is 2. The number of aliphatic carboxylic acids is 1. The Kier molecular flexibility index (Phi) is 5.33. The first-order chi connectivity index (χ1) is 12.1. The molecule has 7 heteroatoms. The first-order valence-electron chi connectivity index (χ1n) is 8.42. The number of likely N-dealkylation sites (tertiary alicyclic amines) is 1. The SMILES string of the molecule is O=C(O)C1CCCN(C(=O)NCc2ccc(Cn3cccn3)cc2)C1. The third-order valence-corrected chi connectivity index (χ3v) is 4.43. The van der Waals surface area contributed by atoms with E-state index >= 15 is 0 Å². The van der Waals surface area contributed by atoms with Crippen molar-refractivity contribution in [1.29, 1.82) is 0 Å². The van der Waals surface area contributed by atoms with E-state index in [2.05, 4.69) is 10.4 Å². The Bertz CT molecular complexity index is 712. The summed E-state index contributed by atoms with van der Waals surface area (Å²) >= 11 is 0. The molecule has 0 spiro atoms. The third kappa shape index (κ3) is 4.59. The van der Waals surface area contributed by atoms with E-state index in [9.17, 15) is 9.59 Å². The number of carboxylic acids is 1. The lowest BCUT2D eigenvalue weighted by atomic mass is 9.99. The topological polar surface area (TPSA) is 87.5 Å². The molecule has 1 aromatic heterocycles. The van der Waals surface area contributed by atoms with Crippen molar-refractivity contribution in [2.24, 2.45) is 5.92 Å². The Morgan fingerprint density at radius 2 is 2.00 bits per heavy atom. The first-order valence-corrected chi connectivity index (χ1v) is 8.42. The van der Waals surface area contributed by atoms with E-state index in [1.807, 2.05) is 41.2 Å². The molecule has 1 aliphatic heterocycles. The van der Waals surface area contributed by atoms with Crippen LogP contribution in [0.1, 0.15) is 24.0 Å². The highest BCUT2D eigenvalue weighted by Gasteiger charge is 2.27. The van der Waals surface area contributed by atoms with Crippen LogP contribution in [0.5, 0.6) is 0 Å². The maximum Gasteiger partial charge on any atom is 0.317 e. The first kappa shape index (κ1) is 17.0. The van der Waals surface area contributed by atoms with Crippen molar-refractivity contribution >= 4 is 12.0 Å². The van der Waals surface area contributed by atoms with E-state index in [0.717, 1.165) is 17.5 Å². The van der Waals surface area contributed by atoms with Crippen molar-refractivity contribution in [3.05, 3.63) is 53.9 Å². The lowest BCUT2D eigenvalue weighted by Crippen LogP contribution is -2.46. The Labute approximate surface area is 146 Å². The predicted octanol–water partition coefficient (Wildman–Crippen LogP) is 1.94. The van der Waals surface area contributed by atoms with Crippen LogP contribution < -0.4 is 5.32 Å². The van der Waals surface area contributed by atoms with Gasteiger partial charge in [0.05, 0.1) is 12.5 Å². The van der Waals surface area contributed by atoms with Crippen LogP contribution >= 0.6 is 0 Å². The zero-order valence-corrected chi connectivity index (χ0v) is 14.0. The number of urea groups is 1. The van der Waals surface area contributed by atoms with Crippen molar-refractivity contribution in [2.75, 3.05) is 13.1 Å². The van der Waals surface area contributed by atoms with Gasteiger partial charge in [0.25, 0.3) is 0 Å². The third-order valence-electron chi connectivity index (χ3n) is 4.43. The van der Waals surface area contributed by atoms with E-state index in [1.165, 1.54) is 0 Å². The number of nitrogens with zero attached hydrogens (tertiary/aromatic N) is 3. The van der Waals surface area contributed by atoms with Gasteiger partial charge >= 0.3 is 12.0 Å². The highest BCUT2D eigenvalue weighted by atomic mass is 16.4. The monoisotopic (exact) mass is 342 g/mol. The molecule has 1 aromatic carbocycles. The molecule has 1 aliphatic rings. The molecular formula is C18H22N4O3. The highest BCUT2D eigenvalue weighted by Crippen LogP contribution is 2.16. The van der Waals surface area contributed by atoms with Crippen LogP contribution in [0.15, 0.2) is 42.7 Å². The number of hydrogen-bond donors (Lipinski definition) is 2. The second-order valence-electron chi connectivity index (χ2n) is 6.30. The van der Waals surface area contributed by atoms with Crippen molar-refractivity contribution in [1.82, 2.24) is 20.0 Å². The number of hydrogen-bond acceptors (Lipinski definition) is 3. The summed E-state index contributed by atoms with van der Waals surface area (Å²) in [5.74, 6) is -1.29. The van der Waals surface area contributed by atoms with Gasteiger partial charge in [0.15, 0.2) is 0 Å². The molecule has 1 atom stereocenters. The number of benzene rings is 1. The van der Waals surface area contributed by atoms with Gasteiger partial charge in [-0.3, -0.25) is 9.48 Å². The van der Waals surface area contributed by atoms with Crippen molar-refractivity contribution in [2.45, 2.75) is 25.9 Å². The number of carboxylic acid groups (broad SMARTS) is 1. The van der Waals surface area contributed by atoms with Crippen LogP contribution in [0.25, 0.3) is 0 Å². The van der Waals surface area contributed by atoms with Crippen LogP contribution in [0, 0.1) is 5.92 Å². The molecule has 2 N–H and O–H groups in total. The molecule has 132 valence electrons. The van der Waals surface area contributed by atoms with Crippen molar-refractivity contribution < 1.29 is 14.7 Å². The standard InChI is InChI=1S/C18H22N4O3/c23-17(24)16-3-1-9-21(13-16)18(25)19-11-14-4-6-15(7-5-14)12-22-10-2-8-20-22/h2,4-8,10,16H,1,3,9,11-13H2,(H,19,25)(H,23,24). The predicted molar refractivity (Wildman–Crippen MR) is 91.9 cm³/mol. The van der Waals surface area contributed by atoms with Gasteiger partial charge in [-0.05, 0) is 30.0 Å². The van der Waals surface area contributed by atoms with Gasteiger partial charge in [0.2, 0.25) is 0 Å². The summed E-state index contributed by atoms with van der Waals surface area (Å²) in [7, 11) is 0. The van der Waals surface area contributed by atoms with Crippen LogP contribution in [-0.4, -0.2) is 44.9 Å². The molecule has 0 saturated carbocycles. The van der Waals surface area contributed by atoms with Crippen molar-refractivity contribution in [3.63, 3.8) is 0 Å². The number of aromatic nitrogens is 2. The van der Waals surface area contributed by atoms with Gasteiger partial charge in [-0.25, -0.2) is 4.79 Å². The van der Waals surface area contributed by atoms with E-state index in [4.69, 9.17) is 5.11 Å². The minimum Gasteiger partial charge on any atom is -0.481 e. The Morgan fingerprint density at radius 3 is 2.68 bits per heavy atom. The van der Waals surface area contributed by atoms with E-state index in [0.29, 0.717) is 26.1 Å². The Hall–Kier alpha value is -2.83. The molecule has 1 unspecified atom stereocenters. The molecule has 2 amide bonds. The summed E-state index contributed by atoms with van der Waals surface area (Å²) in [4.78, 5) is 24.9. The van der Waals surface area contributed by atoms with Crippen molar-refractivity contribution in [3.8, 4) is 0 Å². The second kappa shape index (κ2) is 7.83. The number of piperidine rings is 1. The van der Waals surface area contributed by atoms with Gasteiger partial charge in [-0.2, -0.15) is 5.10 Å². The second-order valence-corrected chi connectivity index (χ2v) is 6.30. The maximum atomic E-state index is 12.2. The highest BCUT2D eigenvalue weighted by molar-refractivity contribution is 5.76. The summed E-state index contributed by atoms with van der Waals surface area (Å²) in [5.41, 5.74) is 2.14. The summed E-state index contributed by atoms with van der Waals surface area (Å²) in [5, 5.41) is 16.1. The largest absolute Gasteiger partial charge is 0.481 e. The fourth-order valence-electron chi connectivity index (χ4n) is 3.00. The minimum atomic E-state index is -0.828. The average Bonchev–Trinajstić information content (AvgIpc) is 3.14. The molecule has 1 fully saturated rings. The average molecular weight is 342 g/mol. The molecule has 0 aliphatic carbocycles. The fraction of sp³-hybridized carbons (Fsp3) is 0.389. The smallest absolute Gasteiger partial charge is 0.317 e. The molecule has 25 heavy (non-hydrogen) atoms. The number of carbonyl (C=O) groups excluding carboxylic acids is 1. The summed E-state index contributed by atoms with van der Waals surface area (Å²) in [6, 6.07) is 9.69. The zero-order valence-electron chi connectivity index (χ0n) is 14.0. The maximum absolute atomic E-state index is 12.2. The summed E-state index contributed by atoms with van der Waals surface area (Å²) < 4.78 is 1.85. The van der Waals surface area contributed by atoms with Gasteiger partial charge in [0, 0.05) is 32.0 Å². The molecule has 3 rings (SSSR count). The number of nitrogens with one attached hydrogen (secondary N) is 1. The minimum absolute atomic E-state index is 0.202. The Balaban J connectivity index is 1.49. The fourth-order valence-corrected chi connectivity index (χ4v) is 3.00. The molecule has 7 nitrogen and oxygen atoms in total. The lowest BCUT2D eigenvalue weighted by Gasteiger charge is -2.30. The van der Waals surface area contributed by atoms with Gasteiger partial charge in [-0.1, -0.05) is 24.3 Å². The lowest BCUT2D eigenvalue weighted by molar-refractivity contribution is -0.143. The molecule has 0 radical (unpaired) electrons. The summed E-state index contributed by atoms with van der Waals surface area (Å²) in [6.07, 6.45) is 5.03. The summed E-state index contributed by atoms with van der Waals surface area (Å²) in [6.45, 7) is 2.03. The molecule has 1 saturated heterocycles. The number of amides is 2. The quantitative estimate of drug-likeness (QED) is 0.869. The molecule has 2 aromatic rings. The van der Waals surface area contributed by atoms with E-state index in [1.54, 1.807) is 11.1 Å². The van der Waals surface area contributed by atoms with E-state index < -0.39 is 11.9 Å². The van der Waals surface area contributed by atoms with Gasteiger partial charge in [-0.15, -0.1) is 0 Å². The molecule has 2 heterocycles. The van der Waals surface area contributed by atoms with Crippen LogP contribution in [0.3, 0.4) is 0 Å². The normalized spacial score (nSPS) is 17.3. The molecular weight excluding hydrogens is 320 g/mol. The van der Waals surface area contributed by atoms with Gasteiger partial charge < -0.3 is 15.3 Å². The van der Waals surface area contributed by atoms with E-state index in [-0.39, 0.29) is 12.6 Å². The van der Waals surface area contributed by atoms with Crippen LogP contribution in [0.2, 0.25) is 0 Å².